The molecular formula is C17H13ClN2O3. The summed E-state index contributed by atoms with van der Waals surface area (Å²) in [6, 6.07) is 13.6. The molecule has 3 rings (SSSR count). The molecule has 0 bridgehead atoms. The fourth-order valence-electron chi connectivity index (χ4n) is 2.29. The Bertz CT molecular complexity index is 933. The first-order chi connectivity index (χ1) is 11.1. The van der Waals surface area contributed by atoms with E-state index in [1.807, 2.05) is 0 Å². The van der Waals surface area contributed by atoms with Crippen molar-refractivity contribution < 1.29 is 9.53 Å². The van der Waals surface area contributed by atoms with Crippen molar-refractivity contribution in [2.24, 2.45) is 0 Å². The maximum atomic E-state index is 12.5. The highest BCUT2D eigenvalue weighted by molar-refractivity contribution is 6.28. The molecule has 0 saturated carbocycles. The summed E-state index contributed by atoms with van der Waals surface area (Å²) in [6.07, 6.45) is 0. The Labute approximate surface area is 137 Å². The van der Waals surface area contributed by atoms with E-state index in [4.69, 9.17) is 16.3 Å². The van der Waals surface area contributed by atoms with Gasteiger partial charge in [0.05, 0.1) is 24.6 Å². The van der Waals surface area contributed by atoms with Crippen molar-refractivity contribution in [2.75, 3.05) is 7.11 Å². The van der Waals surface area contributed by atoms with Crippen molar-refractivity contribution in [1.82, 2.24) is 9.55 Å². The van der Waals surface area contributed by atoms with E-state index in [0.717, 1.165) is 0 Å². The van der Waals surface area contributed by atoms with Crippen molar-refractivity contribution in [2.45, 2.75) is 6.54 Å². The van der Waals surface area contributed by atoms with E-state index >= 15 is 0 Å². The lowest BCUT2D eigenvalue weighted by atomic mass is 10.1. The van der Waals surface area contributed by atoms with Crippen LogP contribution in [0.25, 0.3) is 10.9 Å². The number of aromatic nitrogens is 2. The average molecular weight is 329 g/mol. The quantitative estimate of drug-likeness (QED) is 0.545. The molecule has 116 valence electrons. The van der Waals surface area contributed by atoms with Crippen molar-refractivity contribution in [3.63, 3.8) is 0 Å². The number of halogens is 1. The second-order valence-corrected chi connectivity index (χ2v) is 5.28. The van der Waals surface area contributed by atoms with Crippen LogP contribution in [0.4, 0.5) is 0 Å². The Hall–Kier alpha value is -2.66. The molecule has 3 aromatic rings. The molecule has 5 nitrogen and oxygen atoms in total. The Morgan fingerprint density at radius 1 is 1.17 bits per heavy atom. The molecule has 0 spiro atoms. The van der Waals surface area contributed by atoms with Gasteiger partial charge in [0.25, 0.3) is 5.56 Å². The number of methoxy groups -OCH3 is 1. The molecule has 0 aliphatic heterocycles. The molecular weight excluding hydrogens is 316 g/mol. The van der Waals surface area contributed by atoms with Crippen LogP contribution >= 0.6 is 11.6 Å². The number of fused-ring (bicyclic) bond motifs is 1. The second-order valence-electron chi connectivity index (χ2n) is 4.94. The molecule has 0 aliphatic rings. The minimum Gasteiger partial charge on any atom is -0.497 e. The molecule has 2 aromatic carbocycles. The smallest absolute Gasteiger partial charge is 0.262 e. The minimum atomic E-state index is -0.331. The zero-order valence-corrected chi connectivity index (χ0v) is 13.1. The molecule has 0 aliphatic carbocycles. The van der Waals surface area contributed by atoms with Gasteiger partial charge in [0.2, 0.25) is 5.28 Å². The highest BCUT2D eigenvalue weighted by Crippen LogP contribution is 2.14. The average Bonchev–Trinajstić information content (AvgIpc) is 2.58. The number of Topliss-reactive ketones (excluding diaryl/α,β-unsaturated/α-hetero) is 1. The van der Waals surface area contributed by atoms with Crippen LogP contribution in [0.1, 0.15) is 10.4 Å². The van der Waals surface area contributed by atoms with Crippen molar-refractivity contribution in [3.8, 4) is 5.75 Å². The van der Waals surface area contributed by atoms with Crippen LogP contribution in [-0.2, 0) is 6.54 Å². The van der Waals surface area contributed by atoms with Gasteiger partial charge in [0.1, 0.15) is 5.75 Å². The molecule has 1 heterocycles. The van der Waals surface area contributed by atoms with Gasteiger partial charge >= 0.3 is 0 Å². The summed E-state index contributed by atoms with van der Waals surface area (Å²) in [6.45, 7) is -0.165. The predicted octanol–water partition coefficient (Wildman–Crippen LogP) is 2.94. The monoisotopic (exact) mass is 328 g/mol. The summed E-state index contributed by atoms with van der Waals surface area (Å²) >= 11 is 6.07. The van der Waals surface area contributed by atoms with Crippen LogP contribution in [0, 0.1) is 0 Å². The first-order valence-corrected chi connectivity index (χ1v) is 7.30. The topological polar surface area (TPSA) is 61.2 Å². The Balaban J connectivity index is 1.97. The molecule has 0 atom stereocenters. The number of hydrogen-bond donors (Lipinski definition) is 0. The van der Waals surface area contributed by atoms with Crippen molar-refractivity contribution in [1.29, 1.82) is 0 Å². The van der Waals surface area contributed by atoms with Crippen LogP contribution in [-0.4, -0.2) is 22.4 Å². The van der Waals surface area contributed by atoms with Gasteiger partial charge in [-0.25, -0.2) is 4.98 Å². The highest BCUT2D eigenvalue weighted by atomic mass is 35.5. The molecule has 0 saturated heterocycles. The first-order valence-electron chi connectivity index (χ1n) is 6.92. The van der Waals surface area contributed by atoms with Gasteiger partial charge in [0.15, 0.2) is 5.78 Å². The van der Waals surface area contributed by atoms with Crippen LogP contribution in [0.15, 0.2) is 53.3 Å². The summed E-state index contributed by atoms with van der Waals surface area (Å²) in [4.78, 5) is 29.0. The summed E-state index contributed by atoms with van der Waals surface area (Å²) in [5.41, 5.74) is 0.653. The maximum absolute atomic E-state index is 12.5. The zero-order chi connectivity index (χ0) is 16.4. The summed E-state index contributed by atoms with van der Waals surface area (Å²) in [5.74, 6) is 0.429. The molecule has 0 N–H and O–H groups in total. The minimum absolute atomic E-state index is 0.00411. The number of carbonyl (C=O) groups excluding carboxylic acids is 1. The third-order valence-electron chi connectivity index (χ3n) is 3.53. The van der Waals surface area contributed by atoms with E-state index in [0.29, 0.717) is 22.2 Å². The van der Waals surface area contributed by atoms with E-state index in [1.165, 1.54) is 4.57 Å². The van der Waals surface area contributed by atoms with E-state index in [9.17, 15) is 9.59 Å². The number of rotatable bonds is 4. The zero-order valence-electron chi connectivity index (χ0n) is 12.3. The number of ether oxygens (including phenoxy) is 1. The molecule has 23 heavy (non-hydrogen) atoms. The number of ketones is 1. The van der Waals surface area contributed by atoms with Crippen LogP contribution in [0.2, 0.25) is 5.28 Å². The summed E-state index contributed by atoms with van der Waals surface area (Å²) < 4.78 is 6.23. The molecule has 1 aromatic heterocycles. The highest BCUT2D eigenvalue weighted by Gasteiger charge is 2.14. The predicted molar refractivity (Wildman–Crippen MR) is 88.3 cm³/mol. The first kappa shape index (κ1) is 15.2. The Morgan fingerprint density at radius 3 is 2.57 bits per heavy atom. The van der Waals surface area contributed by atoms with Gasteiger partial charge in [-0.05, 0) is 48.0 Å². The molecule has 0 fully saturated rings. The molecule has 6 heteroatoms. The lowest BCUT2D eigenvalue weighted by Crippen LogP contribution is -2.26. The Kier molecular flexibility index (Phi) is 4.12. The van der Waals surface area contributed by atoms with Crippen LogP contribution < -0.4 is 10.3 Å². The number of benzene rings is 2. The third-order valence-corrected chi connectivity index (χ3v) is 3.82. The third kappa shape index (κ3) is 2.96. The molecule has 0 amide bonds. The maximum Gasteiger partial charge on any atom is 0.262 e. The number of para-hydroxylation sites is 1. The van der Waals surface area contributed by atoms with E-state index < -0.39 is 0 Å². The van der Waals surface area contributed by atoms with Crippen LogP contribution in [0.3, 0.4) is 0 Å². The van der Waals surface area contributed by atoms with Crippen LogP contribution in [0.5, 0.6) is 5.75 Å². The lowest BCUT2D eigenvalue weighted by Gasteiger charge is -2.09. The summed E-state index contributed by atoms with van der Waals surface area (Å²) in [7, 11) is 1.55. The van der Waals surface area contributed by atoms with Gasteiger partial charge < -0.3 is 4.74 Å². The van der Waals surface area contributed by atoms with E-state index in [1.54, 1.807) is 55.6 Å². The lowest BCUT2D eigenvalue weighted by molar-refractivity contribution is 0.0970. The van der Waals surface area contributed by atoms with Gasteiger partial charge in [-0.1, -0.05) is 12.1 Å². The molecule has 0 unspecified atom stereocenters. The molecule has 0 radical (unpaired) electrons. The fraction of sp³-hybridized carbons (Fsp3) is 0.118. The SMILES string of the molecule is COc1ccc(C(=O)Cn2c(Cl)nc3ccccc3c2=O)cc1. The van der Waals surface area contributed by atoms with Crippen molar-refractivity contribution >= 4 is 28.3 Å². The van der Waals surface area contributed by atoms with Gasteiger partial charge in [0, 0.05) is 5.56 Å². The summed E-state index contributed by atoms with van der Waals surface area (Å²) in [5, 5.41) is 0.426. The number of nitrogens with zero attached hydrogens (tertiary/aromatic N) is 2. The number of hydrogen-bond acceptors (Lipinski definition) is 4. The Morgan fingerprint density at radius 2 is 1.87 bits per heavy atom. The van der Waals surface area contributed by atoms with E-state index in [-0.39, 0.29) is 23.2 Å². The fourth-order valence-corrected chi connectivity index (χ4v) is 2.52. The standard InChI is InChI=1S/C17H13ClN2O3/c1-23-12-8-6-11(7-9-12)15(21)10-20-16(22)13-4-2-3-5-14(13)19-17(20)18/h2-9H,10H2,1H3. The normalized spacial score (nSPS) is 10.7. The van der Waals surface area contributed by atoms with E-state index in [2.05, 4.69) is 4.98 Å². The van der Waals surface area contributed by atoms with Gasteiger partial charge in [-0.2, -0.15) is 0 Å². The van der Waals surface area contributed by atoms with Gasteiger partial charge in [-0.15, -0.1) is 0 Å². The second kappa shape index (κ2) is 6.22. The van der Waals surface area contributed by atoms with Crippen molar-refractivity contribution in [3.05, 3.63) is 69.7 Å². The number of carbonyl (C=O) groups is 1. The van der Waals surface area contributed by atoms with Gasteiger partial charge in [-0.3, -0.25) is 14.2 Å². The largest absolute Gasteiger partial charge is 0.497 e.